The lowest BCUT2D eigenvalue weighted by molar-refractivity contribution is -0.138. The Hall–Kier alpha value is -4.00. The van der Waals surface area contributed by atoms with E-state index in [9.17, 15) is 23.1 Å². The van der Waals surface area contributed by atoms with Crippen LogP contribution >= 0.6 is 11.3 Å². The van der Waals surface area contributed by atoms with Gasteiger partial charge in [0.25, 0.3) is 5.56 Å². The van der Waals surface area contributed by atoms with Gasteiger partial charge in [0.1, 0.15) is 22.2 Å². The van der Waals surface area contributed by atoms with E-state index in [4.69, 9.17) is 9.72 Å². The number of rotatable bonds is 5. The van der Waals surface area contributed by atoms with Crippen molar-refractivity contribution in [2.24, 2.45) is 7.05 Å². The van der Waals surface area contributed by atoms with Gasteiger partial charge >= 0.3 is 6.18 Å². The minimum Gasteiger partial charge on any atom is -0.506 e. The molecule has 0 spiro atoms. The Kier molecular flexibility index (Phi) is 5.23. The van der Waals surface area contributed by atoms with Crippen LogP contribution in [0.4, 0.5) is 13.2 Å². The van der Waals surface area contributed by atoms with E-state index in [1.54, 1.807) is 20.2 Å². The molecule has 5 aromatic rings. The number of ether oxygens (including phenoxy) is 1. The van der Waals surface area contributed by atoms with Gasteiger partial charge in [-0.15, -0.1) is 21.5 Å². The molecule has 3 heterocycles. The molecule has 0 atom stereocenters. The molecule has 1 saturated carbocycles. The van der Waals surface area contributed by atoms with Gasteiger partial charge in [-0.25, -0.2) is 4.98 Å². The van der Waals surface area contributed by atoms with Gasteiger partial charge in [0.2, 0.25) is 0 Å². The second-order valence-electron chi connectivity index (χ2n) is 8.87. The Labute approximate surface area is 210 Å². The SMILES string of the molecule is COc1ccc(-c2nc3sc4c(O)c(C(F)(F)F)ccc4c3c(=O)n2Cc2nnn(C)n2)c(C2CC2)c1. The van der Waals surface area contributed by atoms with E-state index in [1.807, 2.05) is 12.1 Å². The number of thiophene rings is 1. The standard InChI is InChI=1S/C24H19F3N6O3S/c1-32-30-17(29-31-32)10-33-21(13-6-5-12(36-2)9-15(13)11-3-4-11)28-22-18(23(33)35)14-7-8-16(24(25,26)27)19(34)20(14)37-22/h5-9,11,34H,3-4,10H2,1-2H3. The first-order valence-corrected chi connectivity index (χ1v) is 12.1. The number of aryl methyl sites for hydroxylation is 1. The highest BCUT2D eigenvalue weighted by Crippen LogP contribution is 2.47. The maximum Gasteiger partial charge on any atom is 0.420 e. The van der Waals surface area contributed by atoms with Gasteiger partial charge < -0.3 is 9.84 Å². The van der Waals surface area contributed by atoms with Gasteiger partial charge in [-0.1, -0.05) is 6.07 Å². The normalized spacial score (nSPS) is 14.1. The largest absolute Gasteiger partial charge is 0.506 e. The van der Waals surface area contributed by atoms with E-state index < -0.39 is 23.0 Å². The number of tetrazole rings is 1. The summed E-state index contributed by atoms with van der Waals surface area (Å²) in [6.45, 7) is -0.0506. The highest BCUT2D eigenvalue weighted by Gasteiger charge is 2.36. The van der Waals surface area contributed by atoms with Crippen molar-refractivity contribution >= 4 is 31.6 Å². The average Bonchev–Trinajstić information content (AvgIpc) is 3.51. The van der Waals surface area contributed by atoms with E-state index in [0.717, 1.165) is 35.8 Å². The number of phenolic OH excluding ortho intramolecular Hbond substituents is 1. The second kappa shape index (κ2) is 8.26. The highest BCUT2D eigenvalue weighted by atomic mass is 32.1. The first-order chi connectivity index (χ1) is 17.7. The molecule has 6 rings (SSSR count). The molecule has 0 bridgehead atoms. The van der Waals surface area contributed by atoms with Crippen LogP contribution in [-0.2, 0) is 19.8 Å². The van der Waals surface area contributed by atoms with E-state index in [1.165, 1.54) is 15.4 Å². The third-order valence-corrected chi connectivity index (χ3v) is 7.51. The van der Waals surface area contributed by atoms with Crippen LogP contribution in [0.15, 0.2) is 35.1 Å². The first-order valence-electron chi connectivity index (χ1n) is 11.3. The second-order valence-corrected chi connectivity index (χ2v) is 9.87. The molecule has 2 aromatic carbocycles. The fraction of sp³-hybridized carbons (Fsp3) is 0.292. The molecular formula is C24H19F3N6O3S. The Balaban J connectivity index is 1.66. The van der Waals surface area contributed by atoms with Crippen molar-refractivity contribution in [2.75, 3.05) is 7.11 Å². The molecule has 1 N–H and O–H groups in total. The molecule has 3 aromatic heterocycles. The van der Waals surface area contributed by atoms with Gasteiger partial charge in [0.05, 0.1) is 36.4 Å². The van der Waals surface area contributed by atoms with Crippen molar-refractivity contribution in [1.29, 1.82) is 0 Å². The molecule has 0 amide bonds. The monoisotopic (exact) mass is 528 g/mol. The third kappa shape index (κ3) is 3.89. The van der Waals surface area contributed by atoms with Gasteiger partial charge in [0, 0.05) is 10.9 Å². The maximum absolute atomic E-state index is 13.9. The lowest BCUT2D eigenvalue weighted by Crippen LogP contribution is -2.24. The number of benzene rings is 2. The number of aromatic nitrogens is 6. The molecule has 0 saturated heterocycles. The molecule has 1 fully saturated rings. The molecule has 1 aliphatic rings. The predicted molar refractivity (Wildman–Crippen MR) is 130 cm³/mol. The summed E-state index contributed by atoms with van der Waals surface area (Å²) < 4.78 is 47.0. The summed E-state index contributed by atoms with van der Waals surface area (Å²) in [6.07, 6.45) is -2.78. The number of hydrogen-bond donors (Lipinski definition) is 1. The first kappa shape index (κ1) is 23.4. The fourth-order valence-corrected chi connectivity index (χ4v) is 5.63. The predicted octanol–water partition coefficient (Wildman–Crippen LogP) is 4.46. The van der Waals surface area contributed by atoms with E-state index in [2.05, 4.69) is 15.4 Å². The molecule has 37 heavy (non-hydrogen) atoms. The Morgan fingerprint density at radius 1 is 1.22 bits per heavy atom. The number of phenols is 1. The zero-order chi connectivity index (χ0) is 26.1. The van der Waals surface area contributed by atoms with Crippen molar-refractivity contribution in [2.45, 2.75) is 31.5 Å². The van der Waals surface area contributed by atoms with Crippen LogP contribution in [0.3, 0.4) is 0 Å². The molecule has 13 heteroatoms. The Morgan fingerprint density at radius 3 is 2.65 bits per heavy atom. The molecule has 0 aliphatic heterocycles. The Morgan fingerprint density at radius 2 is 2.00 bits per heavy atom. The summed E-state index contributed by atoms with van der Waals surface area (Å²) in [5, 5.41) is 22.8. The summed E-state index contributed by atoms with van der Waals surface area (Å²) in [5.74, 6) is 0.635. The van der Waals surface area contributed by atoms with Crippen LogP contribution in [0, 0.1) is 0 Å². The summed E-state index contributed by atoms with van der Waals surface area (Å²) in [4.78, 5) is 20.2. The summed E-state index contributed by atoms with van der Waals surface area (Å²) in [7, 11) is 3.17. The van der Waals surface area contributed by atoms with Gasteiger partial charge in [-0.2, -0.15) is 18.0 Å². The molecule has 0 unspecified atom stereocenters. The van der Waals surface area contributed by atoms with Crippen LogP contribution in [0.25, 0.3) is 31.7 Å². The number of alkyl halides is 3. The number of hydrogen-bond acceptors (Lipinski definition) is 8. The number of aromatic hydroxyl groups is 1. The third-order valence-electron chi connectivity index (χ3n) is 6.41. The van der Waals surface area contributed by atoms with Crippen LogP contribution < -0.4 is 10.3 Å². The van der Waals surface area contributed by atoms with Crippen LogP contribution in [0.2, 0.25) is 0 Å². The molecule has 0 radical (unpaired) electrons. The zero-order valence-corrected chi connectivity index (χ0v) is 20.4. The van der Waals surface area contributed by atoms with E-state index >= 15 is 0 Å². The van der Waals surface area contributed by atoms with Gasteiger partial charge in [0.15, 0.2) is 5.82 Å². The number of nitrogens with zero attached hydrogens (tertiary/aromatic N) is 6. The number of methoxy groups -OCH3 is 1. The minimum absolute atomic E-state index is 0.0482. The van der Waals surface area contributed by atoms with Gasteiger partial charge in [-0.05, 0) is 53.8 Å². The van der Waals surface area contributed by atoms with Crippen molar-refractivity contribution < 1.29 is 23.0 Å². The summed E-state index contributed by atoms with van der Waals surface area (Å²) in [6, 6.07) is 7.50. The maximum atomic E-state index is 13.9. The van der Waals surface area contributed by atoms with Crippen molar-refractivity contribution in [3.05, 3.63) is 57.6 Å². The summed E-state index contributed by atoms with van der Waals surface area (Å²) in [5.41, 5.74) is 0.0380. The van der Waals surface area contributed by atoms with Crippen molar-refractivity contribution in [3.8, 4) is 22.9 Å². The van der Waals surface area contributed by atoms with Crippen LogP contribution in [0.5, 0.6) is 11.5 Å². The van der Waals surface area contributed by atoms with Crippen LogP contribution in [0.1, 0.15) is 35.7 Å². The highest BCUT2D eigenvalue weighted by molar-refractivity contribution is 7.25. The number of fused-ring (bicyclic) bond motifs is 3. The topological polar surface area (TPSA) is 108 Å². The van der Waals surface area contributed by atoms with E-state index in [0.29, 0.717) is 17.1 Å². The van der Waals surface area contributed by atoms with Crippen molar-refractivity contribution in [3.63, 3.8) is 0 Å². The summed E-state index contributed by atoms with van der Waals surface area (Å²) >= 11 is 0.851. The molecule has 9 nitrogen and oxygen atoms in total. The minimum atomic E-state index is -4.74. The molecule has 190 valence electrons. The molecule has 1 aliphatic carbocycles. The van der Waals surface area contributed by atoms with Crippen LogP contribution in [-0.4, -0.2) is 42.0 Å². The Bertz CT molecular complexity index is 1750. The fourth-order valence-electron chi connectivity index (χ4n) is 4.52. The lowest BCUT2D eigenvalue weighted by atomic mass is 10.0. The van der Waals surface area contributed by atoms with E-state index in [-0.39, 0.29) is 38.6 Å². The lowest BCUT2D eigenvalue weighted by Gasteiger charge is -2.15. The van der Waals surface area contributed by atoms with Gasteiger partial charge in [-0.3, -0.25) is 9.36 Å². The quantitative estimate of drug-likeness (QED) is 0.359. The van der Waals surface area contributed by atoms with Crippen molar-refractivity contribution in [1.82, 2.24) is 29.8 Å². The zero-order valence-electron chi connectivity index (χ0n) is 19.6. The smallest absolute Gasteiger partial charge is 0.420 e. The number of halogens is 3. The molecular weight excluding hydrogens is 509 g/mol. The average molecular weight is 529 g/mol.